The zero-order valence-electron chi connectivity index (χ0n) is 16.0. The Morgan fingerprint density at radius 3 is 2.58 bits per heavy atom. The van der Waals surface area contributed by atoms with Crippen LogP contribution in [0.15, 0.2) is 40.7 Å². The van der Waals surface area contributed by atoms with Crippen LogP contribution in [0.25, 0.3) is 10.6 Å². The third kappa shape index (κ3) is 4.69. The molecule has 12 heteroatoms. The van der Waals surface area contributed by atoms with Gasteiger partial charge in [-0.25, -0.2) is 18.4 Å². The van der Waals surface area contributed by atoms with Gasteiger partial charge in [0.05, 0.1) is 26.2 Å². The molecule has 0 aliphatic carbocycles. The molecule has 1 fully saturated rings. The topological polar surface area (TPSA) is 84.0 Å². The summed E-state index contributed by atoms with van der Waals surface area (Å²) in [4.78, 5) is 7.85. The van der Waals surface area contributed by atoms with Crippen molar-refractivity contribution in [1.29, 1.82) is 0 Å². The van der Waals surface area contributed by atoms with Crippen LogP contribution in [0.4, 0.5) is 24.8 Å². The third-order valence-corrected chi connectivity index (χ3v) is 7.33. The van der Waals surface area contributed by atoms with E-state index in [1.807, 2.05) is 12.1 Å². The maximum Gasteiger partial charge on any atom is 0.420 e. The molecule has 1 aromatic carbocycles. The molecule has 0 atom stereocenters. The highest BCUT2D eigenvalue weighted by atomic mass is 35.5. The molecule has 1 saturated heterocycles. The molecule has 0 spiro atoms. The van der Waals surface area contributed by atoms with Gasteiger partial charge in [0.1, 0.15) is 5.56 Å². The number of aromatic nitrogens is 2. The number of hydrogen-bond acceptors (Lipinski definition) is 7. The maximum atomic E-state index is 13.5. The fraction of sp³-hybridized carbons (Fsp3) is 0.263. The standard InChI is InChI=1S/C19H16ClF3N4O2S2/c1-31(28,29)12-5-16(30-9-12)17-13(19(21,22)23)8-25-18(27-17)26-15-4-10(2-3-14(15)20)11-6-24-7-11/h2-5,8-9,11,24H,6-7H2,1H3,(H,25,26,27). The second kappa shape index (κ2) is 8.05. The molecule has 4 rings (SSSR count). The quantitative estimate of drug-likeness (QED) is 0.541. The number of benzene rings is 1. The van der Waals surface area contributed by atoms with Gasteiger partial charge < -0.3 is 10.6 Å². The van der Waals surface area contributed by atoms with Crippen LogP contribution >= 0.6 is 22.9 Å². The van der Waals surface area contributed by atoms with Gasteiger partial charge >= 0.3 is 6.18 Å². The van der Waals surface area contributed by atoms with Gasteiger partial charge in [0, 0.05) is 36.8 Å². The lowest BCUT2D eigenvalue weighted by Gasteiger charge is -2.28. The average Bonchev–Trinajstić information content (AvgIpc) is 3.12. The summed E-state index contributed by atoms with van der Waals surface area (Å²) in [6, 6.07) is 6.61. The van der Waals surface area contributed by atoms with E-state index in [1.54, 1.807) is 6.07 Å². The minimum atomic E-state index is -4.71. The lowest BCUT2D eigenvalue weighted by Crippen LogP contribution is -2.39. The molecule has 0 radical (unpaired) electrons. The molecule has 0 saturated carbocycles. The first-order chi connectivity index (χ1) is 14.5. The second-order valence-corrected chi connectivity index (χ2v) is 10.4. The van der Waals surface area contributed by atoms with Gasteiger partial charge in [-0.15, -0.1) is 11.3 Å². The van der Waals surface area contributed by atoms with Gasteiger partial charge in [0.25, 0.3) is 0 Å². The van der Waals surface area contributed by atoms with E-state index in [2.05, 4.69) is 20.6 Å². The highest BCUT2D eigenvalue weighted by molar-refractivity contribution is 7.90. The summed E-state index contributed by atoms with van der Waals surface area (Å²) in [6.07, 6.45) is -3.04. The van der Waals surface area contributed by atoms with E-state index in [4.69, 9.17) is 11.6 Å². The molecule has 1 aliphatic heterocycles. The zero-order chi connectivity index (χ0) is 22.4. The first-order valence-corrected chi connectivity index (χ1v) is 12.2. The largest absolute Gasteiger partial charge is 0.420 e. The minimum Gasteiger partial charge on any atom is -0.323 e. The Balaban J connectivity index is 1.74. The van der Waals surface area contributed by atoms with Crippen molar-refractivity contribution in [2.24, 2.45) is 0 Å². The SMILES string of the molecule is CS(=O)(=O)c1csc(-c2nc(Nc3cc(C4CNC4)ccc3Cl)ncc2C(F)(F)F)c1. The predicted octanol–water partition coefficient (Wildman–Crippen LogP) is 4.71. The summed E-state index contributed by atoms with van der Waals surface area (Å²) < 4.78 is 64.1. The van der Waals surface area contributed by atoms with Gasteiger partial charge in [-0.05, 0) is 23.8 Å². The third-order valence-electron chi connectivity index (χ3n) is 4.82. The van der Waals surface area contributed by atoms with Crippen LogP contribution < -0.4 is 10.6 Å². The fourth-order valence-corrected chi connectivity index (χ4v) is 5.20. The van der Waals surface area contributed by atoms with E-state index >= 15 is 0 Å². The van der Waals surface area contributed by atoms with Crippen molar-refractivity contribution in [3.63, 3.8) is 0 Å². The minimum absolute atomic E-state index is 0.0681. The molecule has 164 valence electrons. The first-order valence-electron chi connectivity index (χ1n) is 9.03. The summed E-state index contributed by atoms with van der Waals surface area (Å²) in [5.41, 5.74) is 0.0503. The normalized spacial score (nSPS) is 15.0. The lowest BCUT2D eigenvalue weighted by molar-refractivity contribution is -0.137. The summed E-state index contributed by atoms with van der Waals surface area (Å²) in [5, 5.41) is 7.72. The van der Waals surface area contributed by atoms with Crippen LogP contribution in [0.1, 0.15) is 17.0 Å². The molecule has 0 unspecified atom stereocenters. The van der Waals surface area contributed by atoms with Crippen LogP contribution in [0.3, 0.4) is 0 Å². The van der Waals surface area contributed by atoms with Crippen molar-refractivity contribution in [3.05, 3.63) is 52.0 Å². The molecule has 2 N–H and O–H groups in total. The van der Waals surface area contributed by atoms with Gasteiger partial charge in [0.2, 0.25) is 5.95 Å². The van der Waals surface area contributed by atoms with E-state index < -0.39 is 27.3 Å². The molecule has 0 amide bonds. The summed E-state index contributed by atoms with van der Waals surface area (Å²) in [7, 11) is -3.57. The second-order valence-electron chi connectivity index (χ2n) is 7.09. The van der Waals surface area contributed by atoms with Crippen molar-refractivity contribution < 1.29 is 21.6 Å². The lowest BCUT2D eigenvalue weighted by atomic mass is 9.93. The molecule has 6 nitrogen and oxygen atoms in total. The summed E-state index contributed by atoms with van der Waals surface area (Å²) >= 11 is 7.11. The highest BCUT2D eigenvalue weighted by Crippen LogP contribution is 2.39. The smallest absolute Gasteiger partial charge is 0.323 e. The van der Waals surface area contributed by atoms with Crippen LogP contribution in [-0.2, 0) is 16.0 Å². The number of nitrogens with one attached hydrogen (secondary N) is 2. The van der Waals surface area contributed by atoms with Crippen molar-refractivity contribution in [2.45, 2.75) is 17.0 Å². The Kier molecular flexibility index (Phi) is 5.71. The Morgan fingerprint density at radius 1 is 1.26 bits per heavy atom. The van der Waals surface area contributed by atoms with Crippen molar-refractivity contribution in [3.8, 4) is 10.6 Å². The summed E-state index contributed by atoms with van der Waals surface area (Å²) in [6.45, 7) is 1.67. The van der Waals surface area contributed by atoms with Crippen LogP contribution in [0, 0.1) is 0 Å². The number of hydrogen-bond donors (Lipinski definition) is 2. The number of rotatable bonds is 5. The highest BCUT2D eigenvalue weighted by Gasteiger charge is 2.36. The Morgan fingerprint density at radius 2 is 2.00 bits per heavy atom. The fourth-order valence-electron chi connectivity index (χ4n) is 3.01. The van der Waals surface area contributed by atoms with Crippen molar-refractivity contribution in [1.82, 2.24) is 15.3 Å². The van der Waals surface area contributed by atoms with Gasteiger partial charge in [-0.3, -0.25) is 0 Å². The molecule has 3 heterocycles. The van der Waals surface area contributed by atoms with Crippen molar-refractivity contribution >= 4 is 44.4 Å². The zero-order valence-corrected chi connectivity index (χ0v) is 18.4. The summed E-state index contributed by atoms with van der Waals surface area (Å²) in [5.74, 6) is 0.255. The van der Waals surface area contributed by atoms with Gasteiger partial charge in [0.15, 0.2) is 9.84 Å². The van der Waals surface area contributed by atoms with Crippen LogP contribution in [0.2, 0.25) is 5.02 Å². The molecule has 3 aromatic rings. The Bertz CT molecular complexity index is 1240. The van der Waals surface area contributed by atoms with E-state index in [9.17, 15) is 21.6 Å². The predicted molar refractivity (Wildman–Crippen MR) is 114 cm³/mol. The number of nitrogens with zero attached hydrogens (tertiary/aromatic N) is 2. The number of sulfone groups is 1. The van der Waals surface area contributed by atoms with Crippen molar-refractivity contribution in [2.75, 3.05) is 24.7 Å². The van der Waals surface area contributed by atoms with E-state index in [1.165, 1.54) is 11.4 Å². The Labute approximate surface area is 185 Å². The molecule has 1 aliphatic rings. The number of alkyl halides is 3. The van der Waals surface area contributed by atoms with Gasteiger partial charge in [-0.1, -0.05) is 17.7 Å². The number of anilines is 2. The monoisotopic (exact) mass is 488 g/mol. The van der Waals surface area contributed by atoms with E-state index in [-0.39, 0.29) is 15.7 Å². The first kappa shape index (κ1) is 22.0. The maximum absolute atomic E-state index is 13.5. The molecular formula is C19H16ClF3N4O2S2. The van der Waals surface area contributed by atoms with Crippen LogP contribution in [0.5, 0.6) is 0 Å². The molecule has 31 heavy (non-hydrogen) atoms. The average molecular weight is 489 g/mol. The molecule has 0 bridgehead atoms. The molecule has 2 aromatic heterocycles. The van der Waals surface area contributed by atoms with E-state index in [0.717, 1.165) is 36.2 Å². The van der Waals surface area contributed by atoms with E-state index in [0.29, 0.717) is 22.8 Å². The molecular weight excluding hydrogens is 473 g/mol. The Hall–Kier alpha value is -2.21. The number of thiophene rings is 1. The van der Waals surface area contributed by atoms with Gasteiger partial charge in [-0.2, -0.15) is 13.2 Å². The van der Waals surface area contributed by atoms with Crippen LogP contribution in [-0.4, -0.2) is 37.7 Å². The number of halogens is 4.